The highest BCUT2D eigenvalue weighted by Crippen LogP contribution is 2.39. The third-order valence-electron chi connectivity index (χ3n) is 4.43. The first-order valence-electron chi connectivity index (χ1n) is 6.72. The molecule has 1 saturated carbocycles. The van der Waals surface area contributed by atoms with E-state index < -0.39 is 0 Å². The third-order valence-corrected chi connectivity index (χ3v) is 4.43. The van der Waals surface area contributed by atoms with Gasteiger partial charge in [0.2, 0.25) is 0 Å². The number of fused-ring (bicyclic) bond motifs is 1. The Bertz CT molecular complexity index is 419. The molecule has 0 unspecified atom stereocenters. The minimum Gasteiger partial charge on any atom is -0.493 e. The van der Waals surface area contributed by atoms with Crippen LogP contribution < -0.4 is 10.5 Å². The Morgan fingerprint density at radius 3 is 2.82 bits per heavy atom. The summed E-state index contributed by atoms with van der Waals surface area (Å²) in [7, 11) is 0. The Hall–Kier alpha value is -1.02. The van der Waals surface area contributed by atoms with Crippen molar-refractivity contribution in [3.05, 3.63) is 29.3 Å². The predicted molar refractivity (Wildman–Crippen MR) is 69.1 cm³/mol. The van der Waals surface area contributed by atoms with Crippen molar-refractivity contribution in [2.45, 2.75) is 44.6 Å². The molecule has 1 heterocycles. The van der Waals surface area contributed by atoms with Crippen LogP contribution in [-0.4, -0.2) is 6.61 Å². The first-order chi connectivity index (χ1) is 8.17. The molecule has 1 fully saturated rings. The van der Waals surface area contributed by atoms with Gasteiger partial charge in [0.05, 0.1) is 6.61 Å². The summed E-state index contributed by atoms with van der Waals surface area (Å²) >= 11 is 0. The standard InChI is InChI=1S/C15H21NO/c1-11-4-7-15(16,8-5-11)13-2-3-14-12(10-13)6-9-17-14/h2-3,10-11H,4-9,16H2,1H3. The van der Waals surface area contributed by atoms with E-state index in [-0.39, 0.29) is 5.54 Å². The molecule has 0 atom stereocenters. The smallest absolute Gasteiger partial charge is 0.122 e. The van der Waals surface area contributed by atoms with Crippen molar-refractivity contribution in [3.8, 4) is 5.75 Å². The van der Waals surface area contributed by atoms with Crippen molar-refractivity contribution in [2.24, 2.45) is 11.7 Å². The maximum absolute atomic E-state index is 6.60. The highest BCUT2D eigenvalue weighted by Gasteiger charge is 2.32. The number of hydrogen-bond acceptors (Lipinski definition) is 2. The van der Waals surface area contributed by atoms with Crippen LogP contribution in [0, 0.1) is 5.92 Å². The van der Waals surface area contributed by atoms with Gasteiger partial charge >= 0.3 is 0 Å². The van der Waals surface area contributed by atoms with E-state index in [2.05, 4.69) is 25.1 Å². The Morgan fingerprint density at radius 1 is 1.29 bits per heavy atom. The normalized spacial score (nSPS) is 32.0. The van der Waals surface area contributed by atoms with Crippen LogP contribution in [0.2, 0.25) is 0 Å². The van der Waals surface area contributed by atoms with Crippen molar-refractivity contribution in [1.82, 2.24) is 0 Å². The summed E-state index contributed by atoms with van der Waals surface area (Å²) in [5.74, 6) is 1.89. The molecular formula is C15H21NO. The molecule has 0 saturated heterocycles. The minimum absolute atomic E-state index is 0.0931. The quantitative estimate of drug-likeness (QED) is 0.806. The first-order valence-corrected chi connectivity index (χ1v) is 6.72. The average Bonchev–Trinajstić information content (AvgIpc) is 2.80. The summed E-state index contributed by atoms with van der Waals surface area (Å²) < 4.78 is 5.55. The fourth-order valence-corrected chi connectivity index (χ4v) is 3.06. The molecule has 0 amide bonds. The number of nitrogens with two attached hydrogens (primary N) is 1. The Balaban J connectivity index is 1.88. The van der Waals surface area contributed by atoms with Gasteiger partial charge in [-0.1, -0.05) is 19.1 Å². The molecule has 2 aliphatic rings. The molecule has 1 aromatic carbocycles. The molecule has 1 aliphatic carbocycles. The highest BCUT2D eigenvalue weighted by molar-refractivity contribution is 5.42. The van der Waals surface area contributed by atoms with Crippen molar-refractivity contribution in [1.29, 1.82) is 0 Å². The van der Waals surface area contributed by atoms with E-state index in [1.54, 1.807) is 0 Å². The number of ether oxygens (including phenoxy) is 1. The minimum atomic E-state index is -0.0931. The van der Waals surface area contributed by atoms with Gasteiger partial charge in [0.15, 0.2) is 0 Å². The van der Waals surface area contributed by atoms with E-state index >= 15 is 0 Å². The predicted octanol–water partition coefficient (Wildman–Crippen LogP) is 2.99. The van der Waals surface area contributed by atoms with Crippen LogP contribution in [0.25, 0.3) is 0 Å². The molecule has 0 radical (unpaired) electrons. The van der Waals surface area contributed by atoms with Crippen LogP contribution in [0.15, 0.2) is 18.2 Å². The lowest BCUT2D eigenvalue weighted by molar-refractivity contribution is 0.248. The van der Waals surface area contributed by atoms with Gasteiger partial charge in [0.25, 0.3) is 0 Å². The lowest BCUT2D eigenvalue weighted by Crippen LogP contribution is -2.40. The summed E-state index contributed by atoms with van der Waals surface area (Å²) in [6.07, 6.45) is 5.78. The number of benzene rings is 1. The Morgan fingerprint density at radius 2 is 2.06 bits per heavy atom. The molecule has 2 N–H and O–H groups in total. The molecule has 17 heavy (non-hydrogen) atoms. The van der Waals surface area contributed by atoms with Crippen LogP contribution in [0.5, 0.6) is 5.75 Å². The molecule has 2 heteroatoms. The largest absolute Gasteiger partial charge is 0.493 e. The van der Waals surface area contributed by atoms with Gasteiger partial charge in [-0.15, -0.1) is 0 Å². The topological polar surface area (TPSA) is 35.2 Å². The zero-order chi connectivity index (χ0) is 11.9. The van der Waals surface area contributed by atoms with Gasteiger partial charge < -0.3 is 10.5 Å². The fraction of sp³-hybridized carbons (Fsp3) is 0.600. The summed E-state index contributed by atoms with van der Waals surface area (Å²) in [6, 6.07) is 6.54. The summed E-state index contributed by atoms with van der Waals surface area (Å²) in [4.78, 5) is 0. The van der Waals surface area contributed by atoms with E-state index in [0.717, 1.165) is 37.5 Å². The van der Waals surface area contributed by atoms with Gasteiger partial charge in [-0.2, -0.15) is 0 Å². The lowest BCUT2D eigenvalue weighted by atomic mass is 9.73. The van der Waals surface area contributed by atoms with Crippen molar-refractivity contribution in [2.75, 3.05) is 6.61 Å². The van der Waals surface area contributed by atoms with E-state index in [4.69, 9.17) is 10.5 Å². The summed E-state index contributed by atoms with van der Waals surface area (Å²) in [5, 5.41) is 0. The van der Waals surface area contributed by atoms with E-state index in [9.17, 15) is 0 Å². The SMILES string of the molecule is CC1CCC(N)(c2ccc3c(c2)CCO3)CC1. The Kier molecular flexibility index (Phi) is 2.62. The van der Waals surface area contributed by atoms with Crippen molar-refractivity contribution >= 4 is 0 Å². The van der Waals surface area contributed by atoms with Crippen LogP contribution in [0.1, 0.15) is 43.7 Å². The van der Waals surface area contributed by atoms with Gasteiger partial charge in [0.1, 0.15) is 5.75 Å². The molecule has 0 spiro atoms. The molecule has 1 aliphatic heterocycles. The maximum atomic E-state index is 6.60. The number of rotatable bonds is 1. The average molecular weight is 231 g/mol. The molecule has 1 aromatic rings. The monoisotopic (exact) mass is 231 g/mol. The maximum Gasteiger partial charge on any atom is 0.122 e. The van der Waals surface area contributed by atoms with Gasteiger partial charge in [-0.25, -0.2) is 0 Å². The summed E-state index contributed by atoms with van der Waals surface area (Å²) in [6.45, 7) is 3.16. The second-order valence-electron chi connectivity index (χ2n) is 5.76. The molecule has 0 bridgehead atoms. The zero-order valence-electron chi connectivity index (χ0n) is 10.5. The zero-order valence-corrected chi connectivity index (χ0v) is 10.5. The first kappa shape index (κ1) is 11.1. The second-order valence-corrected chi connectivity index (χ2v) is 5.76. The van der Waals surface area contributed by atoms with Crippen LogP contribution >= 0.6 is 0 Å². The van der Waals surface area contributed by atoms with E-state index in [1.807, 2.05) is 0 Å². The Labute approximate surface area is 103 Å². The van der Waals surface area contributed by atoms with E-state index in [1.165, 1.54) is 24.0 Å². The lowest BCUT2D eigenvalue weighted by Gasteiger charge is -2.36. The van der Waals surface area contributed by atoms with Crippen LogP contribution in [0.3, 0.4) is 0 Å². The molecule has 92 valence electrons. The van der Waals surface area contributed by atoms with Gasteiger partial charge in [-0.05, 0) is 48.8 Å². The molecule has 3 rings (SSSR count). The third kappa shape index (κ3) is 1.95. The molecular weight excluding hydrogens is 210 g/mol. The number of hydrogen-bond donors (Lipinski definition) is 1. The van der Waals surface area contributed by atoms with Crippen molar-refractivity contribution < 1.29 is 4.74 Å². The second kappa shape index (κ2) is 4.02. The van der Waals surface area contributed by atoms with Gasteiger partial charge in [-0.3, -0.25) is 0 Å². The fourth-order valence-electron chi connectivity index (χ4n) is 3.06. The van der Waals surface area contributed by atoms with Gasteiger partial charge in [0, 0.05) is 12.0 Å². The summed E-state index contributed by atoms with van der Waals surface area (Å²) in [5.41, 5.74) is 9.16. The highest BCUT2D eigenvalue weighted by atomic mass is 16.5. The molecule has 0 aromatic heterocycles. The molecule has 2 nitrogen and oxygen atoms in total. The van der Waals surface area contributed by atoms with Crippen LogP contribution in [0.4, 0.5) is 0 Å². The van der Waals surface area contributed by atoms with Crippen molar-refractivity contribution in [3.63, 3.8) is 0 Å². The van der Waals surface area contributed by atoms with Crippen LogP contribution in [-0.2, 0) is 12.0 Å². The van der Waals surface area contributed by atoms with E-state index in [0.29, 0.717) is 0 Å².